The van der Waals surface area contributed by atoms with E-state index in [9.17, 15) is 23.1 Å². The first-order valence-electron chi connectivity index (χ1n) is 3.93. The lowest BCUT2D eigenvalue weighted by Crippen LogP contribution is -2.20. The molecular formula is C7H5BClF3NO2-. The van der Waals surface area contributed by atoms with Crippen molar-refractivity contribution in [1.29, 1.82) is 0 Å². The summed E-state index contributed by atoms with van der Waals surface area (Å²) in [5, 5.41) is 10.5. The Morgan fingerprint density at radius 2 is 2.00 bits per heavy atom. The molecule has 0 unspecified atom stereocenters. The lowest BCUT2D eigenvalue weighted by molar-refractivity contribution is -0.385. The third-order valence-corrected chi connectivity index (χ3v) is 1.92. The molecule has 82 valence electrons. The largest absolute Gasteiger partial charge is 0.482 e. The second kappa shape index (κ2) is 4.10. The van der Waals surface area contributed by atoms with Crippen LogP contribution in [0.25, 0.3) is 0 Å². The molecule has 8 heteroatoms. The van der Waals surface area contributed by atoms with Crippen molar-refractivity contribution in [3.63, 3.8) is 0 Å². The monoisotopic (exact) mass is 238 g/mol. The number of hydrogen-bond donors (Lipinski definition) is 0. The molecule has 0 radical (unpaired) electrons. The molecule has 1 aromatic carbocycles. The Kier molecular flexibility index (Phi) is 3.23. The highest BCUT2D eigenvalue weighted by Crippen LogP contribution is 2.27. The number of nitro benzene ring substituents is 1. The number of rotatable bonds is 3. The summed E-state index contributed by atoms with van der Waals surface area (Å²) < 4.78 is 36.3. The van der Waals surface area contributed by atoms with Crippen molar-refractivity contribution in [3.05, 3.63) is 38.9 Å². The highest BCUT2D eigenvalue weighted by Gasteiger charge is 2.27. The summed E-state index contributed by atoms with van der Waals surface area (Å²) >= 11 is 5.47. The minimum absolute atomic E-state index is 0.0515. The maximum Gasteiger partial charge on any atom is 0.482 e. The Bertz CT molecular complexity index is 396. The van der Waals surface area contributed by atoms with Crippen LogP contribution in [0.2, 0.25) is 5.02 Å². The van der Waals surface area contributed by atoms with Gasteiger partial charge in [-0.25, -0.2) is 0 Å². The molecule has 3 nitrogen and oxygen atoms in total. The van der Waals surface area contributed by atoms with Crippen molar-refractivity contribution < 1.29 is 17.9 Å². The molecule has 0 fully saturated rings. The number of benzene rings is 1. The van der Waals surface area contributed by atoms with Gasteiger partial charge >= 0.3 is 6.98 Å². The SMILES string of the molecule is O=[N+]([O-])c1ccc(Cl)cc1C[B-](F)(F)F. The highest BCUT2D eigenvalue weighted by molar-refractivity contribution is 6.58. The zero-order valence-corrected chi connectivity index (χ0v) is 8.05. The molecule has 1 rings (SSSR count). The molecule has 0 spiro atoms. The second-order valence-corrected chi connectivity index (χ2v) is 3.38. The minimum Gasteiger partial charge on any atom is -0.449 e. The van der Waals surface area contributed by atoms with Gasteiger partial charge < -0.3 is 12.9 Å². The van der Waals surface area contributed by atoms with Crippen LogP contribution in [0.1, 0.15) is 5.56 Å². The molecule has 0 saturated heterocycles. The van der Waals surface area contributed by atoms with E-state index in [1.807, 2.05) is 0 Å². The van der Waals surface area contributed by atoms with Gasteiger partial charge in [0.1, 0.15) is 0 Å². The van der Waals surface area contributed by atoms with E-state index in [-0.39, 0.29) is 5.02 Å². The van der Waals surface area contributed by atoms with Gasteiger partial charge in [-0.15, -0.1) is 0 Å². The van der Waals surface area contributed by atoms with Gasteiger partial charge in [-0.1, -0.05) is 17.9 Å². The maximum atomic E-state index is 12.1. The zero-order valence-electron chi connectivity index (χ0n) is 7.29. The van der Waals surface area contributed by atoms with Crippen LogP contribution >= 0.6 is 11.6 Å². The summed E-state index contributed by atoms with van der Waals surface area (Å²) in [5.74, 6) is 0. The lowest BCUT2D eigenvalue weighted by Gasteiger charge is -2.13. The lowest BCUT2D eigenvalue weighted by atomic mass is 9.81. The van der Waals surface area contributed by atoms with Crippen LogP contribution in [0.4, 0.5) is 18.6 Å². The number of halogens is 4. The first-order chi connectivity index (χ1) is 6.79. The summed E-state index contributed by atoms with van der Waals surface area (Å²) in [6.45, 7) is -5.11. The Morgan fingerprint density at radius 1 is 1.40 bits per heavy atom. The average molecular weight is 238 g/mol. The fourth-order valence-corrected chi connectivity index (χ4v) is 1.34. The van der Waals surface area contributed by atoms with Crippen LogP contribution in [0.5, 0.6) is 0 Å². The molecule has 0 N–H and O–H groups in total. The van der Waals surface area contributed by atoms with Crippen molar-refractivity contribution in [1.82, 2.24) is 0 Å². The Hall–Kier alpha value is -1.24. The molecule has 1 aromatic rings. The smallest absolute Gasteiger partial charge is 0.449 e. The molecule has 0 aliphatic rings. The average Bonchev–Trinajstić information content (AvgIpc) is 1.99. The molecule has 0 atom stereocenters. The van der Waals surface area contributed by atoms with Gasteiger partial charge in [0.25, 0.3) is 5.69 Å². The van der Waals surface area contributed by atoms with Crippen LogP contribution in [0, 0.1) is 10.1 Å². The summed E-state index contributed by atoms with van der Waals surface area (Å²) in [6.07, 6.45) is -1.29. The molecule has 0 amide bonds. The molecular weight excluding hydrogens is 233 g/mol. The van der Waals surface area contributed by atoms with Crippen molar-refractivity contribution in [3.8, 4) is 0 Å². The normalized spacial score (nSPS) is 11.5. The Morgan fingerprint density at radius 3 is 2.47 bits per heavy atom. The van der Waals surface area contributed by atoms with E-state index >= 15 is 0 Å². The van der Waals surface area contributed by atoms with E-state index in [0.717, 1.165) is 12.1 Å². The molecule has 0 bridgehead atoms. The van der Waals surface area contributed by atoms with Gasteiger partial charge in [0.2, 0.25) is 0 Å². The summed E-state index contributed by atoms with van der Waals surface area (Å²) in [5.41, 5.74) is -0.960. The van der Waals surface area contributed by atoms with Gasteiger partial charge in [-0.2, -0.15) is 0 Å². The van der Waals surface area contributed by atoms with Crippen LogP contribution < -0.4 is 0 Å². The van der Waals surface area contributed by atoms with Crippen LogP contribution in [0.3, 0.4) is 0 Å². The predicted octanol–water partition coefficient (Wildman–Crippen LogP) is 3.18. The van der Waals surface area contributed by atoms with E-state index < -0.39 is 29.5 Å². The summed E-state index contributed by atoms with van der Waals surface area (Å²) in [4.78, 5) is 9.57. The van der Waals surface area contributed by atoms with Gasteiger partial charge in [0, 0.05) is 16.7 Å². The highest BCUT2D eigenvalue weighted by atomic mass is 35.5. The number of hydrogen-bond acceptors (Lipinski definition) is 2. The standard InChI is InChI=1S/C7H5BClF3NO2/c9-6-1-2-7(13(14)15)5(3-6)4-8(10,11)12/h1-3H,4H2/q-1. The van der Waals surface area contributed by atoms with Gasteiger partial charge in [0.05, 0.1) is 4.92 Å². The topological polar surface area (TPSA) is 43.1 Å². The molecule has 0 aliphatic heterocycles. The Labute approximate surface area is 88.1 Å². The molecule has 15 heavy (non-hydrogen) atoms. The van der Waals surface area contributed by atoms with E-state index in [1.165, 1.54) is 6.07 Å². The van der Waals surface area contributed by atoms with Gasteiger partial charge in [-0.05, 0) is 12.1 Å². The van der Waals surface area contributed by atoms with Crippen LogP contribution in [-0.2, 0) is 6.32 Å². The zero-order chi connectivity index (χ0) is 11.6. The third-order valence-electron chi connectivity index (χ3n) is 1.69. The first kappa shape index (κ1) is 11.8. The van der Waals surface area contributed by atoms with Crippen LogP contribution in [0.15, 0.2) is 18.2 Å². The van der Waals surface area contributed by atoms with Crippen molar-refractivity contribution in [2.45, 2.75) is 6.32 Å². The quantitative estimate of drug-likeness (QED) is 0.461. The minimum atomic E-state index is -5.11. The van der Waals surface area contributed by atoms with E-state index in [0.29, 0.717) is 0 Å². The van der Waals surface area contributed by atoms with Crippen molar-refractivity contribution in [2.24, 2.45) is 0 Å². The molecule has 0 saturated carbocycles. The van der Waals surface area contributed by atoms with Crippen LogP contribution in [-0.4, -0.2) is 11.9 Å². The van der Waals surface area contributed by atoms with Crippen molar-refractivity contribution >= 4 is 24.3 Å². The van der Waals surface area contributed by atoms with Gasteiger partial charge in [-0.3, -0.25) is 10.1 Å². The number of nitro groups is 1. The summed E-state index contributed by atoms with van der Waals surface area (Å²) in [7, 11) is 0. The predicted molar refractivity (Wildman–Crippen MR) is 50.9 cm³/mol. The van der Waals surface area contributed by atoms with Crippen molar-refractivity contribution in [2.75, 3.05) is 0 Å². The molecule has 0 aliphatic carbocycles. The third kappa shape index (κ3) is 3.43. The first-order valence-corrected chi connectivity index (χ1v) is 4.31. The summed E-state index contributed by atoms with van der Waals surface area (Å²) in [6, 6.07) is 3.13. The fourth-order valence-electron chi connectivity index (χ4n) is 1.15. The molecule has 0 heterocycles. The van der Waals surface area contributed by atoms with E-state index in [2.05, 4.69) is 0 Å². The fraction of sp³-hybridized carbons (Fsp3) is 0.143. The van der Waals surface area contributed by atoms with Gasteiger partial charge in [0.15, 0.2) is 0 Å². The number of nitrogens with zero attached hydrogens (tertiary/aromatic N) is 1. The second-order valence-electron chi connectivity index (χ2n) is 2.94. The van der Waals surface area contributed by atoms with E-state index in [1.54, 1.807) is 0 Å². The van der Waals surface area contributed by atoms with E-state index in [4.69, 9.17) is 11.6 Å². The Balaban J connectivity index is 3.13. The maximum absolute atomic E-state index is 12.1. The molecule has 0 aromatic heterocycles.